The molecule has 0 aliphatic carbocycles. The maximum absolute atomic E-state index is 12.1. The number of ether oxygens (including phenoxy) is 2. The molecule has 1 aromatic heterocycles. The first-order valence-corrected chi connectivity index (χ1v) is 9.41. The van der Waals surface area contributed by atoms with Crippen LogP contribution in [0.1, 0.15) is 16.8 Å². The second kappa shape index (κ2) is 9.80. The lowest BCUT2D eigenvalue weighted by molar-refractivity contribution is -0.116. The Kier molecular flexibility index (Phi) is 6.92. The maximum atomic E-state index is 12.1. The molecular weight excluding hydrogens is 390 g/mol. The summed E-state index contributed by atoms with van der Waals surface area (Å²) in [6, 6.07) is 15.2. The van der Waals surface area contributed by atoms with Crippen molar-refractivity contribution in [3.63, 3.8) is 0 Å². The number of hydrogen-bond acceptors (Lipinski definition) is 4. The molecule has 29 heavy (non-hydrogen) atoms. The monoisotopic (exact) mass is 411 g/mol. The van der Waals surface area contributed by atoms with Crippen molar-refractivity contribution in [1.29, 1.82) is 0 Å². The van der Waals surface area contributed by atoms with E-state index in [1.807, 2.05) is 48.5 Å². The second-order valence-electron chi connectivity index (χ2n) is 6.29. The summed E-state index contributed by atoms with van der Waals surface area (Å²) in [5.41, 5.74) is 2.50. The molecule has 2 aromatic carbocycles. The lowest BCUT2D eigenvalue weighted by atomic mass is 10.1. The average Bonchev–Trinajstić information content (AvgIpc) is 3.07. The van der Waals surface area contributed by atoms with E-state index in [2.05, 4.69) is 10.4 Å². The maximum Gasteiger partial charge on any atom is 0.244 e. The van der Waals surface area contributed by atoms with Gasteiger partial charge in [0.15, 0.2) is 0 Å². The van der Waals surface area contributed by atoms with Gasteiger partial charge in [-0.15, -0.1) is 0 Å². The molecule has 6 nitrogen and oxygen atoms in total. The number of nitrogens with zero attached hydrogens (tertiary/aromatic N) is 2. The van der Waals surface area contributed by atoms with Gasteiger partial charge < -0.3 is 14.8 Å². The van der Waals surface area contributed by atoms with Crippen molar-refractivity contribution < 1.29 is 14.3 Å². The van der Waals surface area contributed by atoms with Gasteiger partial charge in [-0.1, -0.05) is 35.9 Å². The van der Waals surface area contributed by atoms with Crippen LogP contribution in [0.2, 0.25) is 5.02 Å². The van der Waals surface area contributed by atoms with Crippen LogP contribution in [-0.2, 0) is 25.0 Å². The van der Waals surface area contributed by atoms with E-state index in [-0.39, 0.29) is 5.91 Å². The molecule has 0 fully saturated rings. The van der Waals surface area contributed by atoms with Gasteiger partial charge in [0.1, 0.15) is 18.1 Å². The summed E-state index contributed by atoms with van der Waals surface area (Å²) in [4.78, 5) is 12.1. The number of carbonyl (C=O) groups excluding carboxylic acids is 1. The van der Waals surface area contributed by atoms with Crippen molar-refractivity contribution >= 4 is 23.6 Å². The van der Waals surface area contributed by atoms with Gasteiger partial charge in [-0.05, 0) is 35.9 Å². The number of rotatable bonds is 8. The van der Waals surface area contributed by atoms with Crippen LogP contribution in [0.3, 0.4) is 0 Å². The number of halogens is 1. The van der Waals surface area contributed by atoms with Crippen LogP contribution < -0.4 is 14.8 Å². The zero-order valence-electron chi connectivity index (χ0n) is 16.3. The highest BCUT2D eigenvalue weighted by molar-refractivity contribution is 6.31. The van der Waals surface area contributed by atoms with Crippen LogP contribution in [0.25, 0.3) is 6.08 Å². The van der Waals surface area contributed by atoms with Gasteiger partial charge in [0.05, 0.1) is 30.6 Å². The van der Waals surface area contributed by atoms with Crippen LogP contribution in [0, 0.1) is 0 Å². The number of methoxy groups -OCH3 is 1. The van der Waals surface area contributed by atoms with E-state index >= 15 is 0 Å². The van der Waals surface area contributed by atoms with Crippen LogP contribution >= 0.6 is 11.6 Å². The number of carbonyl (C=O) groups is 1. The molecule has 0 radical (unpaired) electrons. The fourth-order valence-electron chi connectivity index (χ4n) is 2.73. The Morgan fingerprint density at radius 2 is 2.03 bits per heavy atom. The molecule has 0 atom stereocenters. The standard InChI is InChI=1S/C22H22ClN3O3/c1-26-20(19(23)13-25-26)14-24-22(27)11-9-16-8-10-21(28-2)17(12-16)15-29-18-6-4-3-5-7-18/h3-13H,14-15H2,1-2H3,(H,24,27)/b11-9+. The fraction of sp³-hybridized carbons (Fsp3) is 0.182. The molecule has 0 aliphatic heterocycles. The molecular formula is C22H22ClN3O3. The highest BCUT2D eigenvalue weighted by Gasteiger charge is 2.08. The van der Waals surface area contributed by atoms with Crippen LogP contribution in [0.4, 0.5) is 0 Å². The van der Waals surface area contributed by atoms with Crippen molar-refractivity contribution in [1.82, 2.24) is 15.1 Å². The Bertz CT molecular complexity index is 980. The van der Waals surface area contributed by atoms with Gasteiger partial charge in [0.25, 0.3) is 0 Å². The Hall–Kier alpha value is -3.25. The quantitative estimate of drug-likeness (QED) is 0.569. The Labute approximate surface area is 174 Å². The predicted octanol–water partition coefficient (Wildman–Crippen LogP) is 3.99. The van der Waals surface area contributed by atoms with Gasteiger partial charge in [0.2, 0.25) is 5.91 Å². The van der Waals surface area contributed by atoms with E-state index in [0.29, 0.717) is 18.2 Å². The summed E-state index contributed by atoms with van der Waals surface area (Å²) in [5, 5.41) is 7.37. The van der Waals surface area contributed by atoms with Crippen molar-refractivity contribution in [3.05, 3.63) is 82.6 Å². The fourth-order valence-corrected chi connectivity index (χ4v) is 2.96. The van der Waals surface area contributed by atoms with E-state index < -0.39 is 0 Å². The molecule has 3 aromatic rings. The molecule has 150 valence electrons. The number of nitrogens with one attached hydrogen (secondary N) is 1. The number of aromatic nitrogens is 2. The van der Waals surface area contributed by atoms with E-state index in [1.54, 1.807) is 31.1 Å². The van der Waals surface area contributed by atoms with Gasteiger partial charge in [0, 0.05) is 18.7 Å². The average molecular weight is 412 g/mol. The third-order valence-electron chi connectivity index (χ3n) is 4.31. The lowest BCUT2D eigenvalue weighted by Crippen LogP contribution is -2.22. The van der Waals surface area contributed by atoms with Crippen LogP contribution in [-0.4, -0.2) is 22.8 Å². The van der Waals surface area contributed by atoms with Crippen molar-refractivity contribution in [2.75, 3.05) is 7.11 Å². The first-order valence-electron chi connectivity index (χ1n) is 9.04. The molecule has 0 aliphatic rings. The summed E-state index contributed by atoms with van der Waals surface area (Å²) in [7, 11) is 3.40. The normalized spacial score (nSPS) is 10.9. The number of hydrogen-bond donors (Lipinski definition) is 1. The molecule has 3 rings (SSSR count). The first-order chi connectivity index (χ1) is 14.1. The number of benzene rings is 2. The minimum absolute atomic E-state index is 0.222. The highest BCUT2D eigenvalue weighted by Crippen LogP contribution is 2.23. The molecule has 7 heteroatoms. The molecule has 0 spiro atoms. The van der Waals surface area contributed by atoms with Crippen molar-refractivity contribution in [2.24, 2.45) is 7.05 Å². The topological polar surface area (TPSA) is 65.4 Å². The van der Waals surface area contributed by atoms with Gasteiger partial charge >= 0.3 is 0 Å². The minimum Gasteiger partial charge on any atom is -0.496 e. The van der Waals surface area contributed by atoms with Crippen molar-refractivity contribution in [3.8, 4) is 11.5 Å². The van der Waals surface area contributed by atoms with E-state index in [9.17, 15) is 4.79 Å². The number of aryl methyl sites for hydroxylation is 1. The smallest absolute Gasteiger partial charge is 0.244 e. The first kappa shape index (κ1) is 20.5. The molecule has 1 amide bonds. The second-order valence-corrected chi connectivity index (χ2v) is 6.69. The molecule has 0 unspecified atom stereocenters. The highest BCUT2D eigenvalue weighted by atomic mass is 35.5. The third kappa shape index (κ3) is 5.62. The SMILES string of the molecule is COc1ccc(/C=C/C(=O)NCc2c(Cl)cnn2C)cc1COc1ccccc1. The molecule has 1 heterocycles. The molecule has 0 saturated carbocycles. The van der Waals surface area contributed by atoms with Crippen molar-refractivity contribution in [2.45, 2.75) is 13.2 Å². The Morgan fingerprint density at radius 1 is 1.24 bits per heavy atom. The number of para-hydroxylation sites is 1. The summed E-state index contributed by atoms with van der Waals surface area (Å²) >= 11 is 6.05. The Morgan fingerprint density at radius 3 is 2.72 bits per heavy atom. The lowest BCUT2D eigenvalue weighted by Gasteiger charge is -2.11. The Balaban J connectivity index is 1.63. The number of amides is 1. The third-order valence-corrected chi connectivity index (χ3v) is 4.63. The summed E-state index contributed by atoms with van der Waals surface area (Å²) in [5.74, 6) is 1.29. The minimum atomic E-state index is -0.222. The van der Waals surface area contributed by atoms with E-state index in [0.717, 1.165) is 28.3 Å². The largest absolute Gasteiger partial charge is 0.496 e. The summed E-state index contributed by atoms with van der Waals surface area (Å²) < 4.78 is 12.9. The predicted molar refractivity (Wildman–Crippen MR) is 113 cm³/mol. The van der Waals surface area contributed by atoms with Gasteiger partial charge in [-0.25, -0.2) is 0 Å². The van der Waals surface area contributed by atoms with E-state index in [4.69, 9.17) is 21.1 Å². The molecule has 0 saturated heterocycles. The summed E-state index contributed by atoms with van der Waals surface area (Å²) in [6.45, 7) is 0.664. The zero-order chi connectivity index (χ0) is 20.6. The summed E-state index contributed by atoms with van der Waals surface area (Å²) in [6.07, 6.45) is 4.77. The van der Waals surface area contributed by atoms with E-state index in [1.165, 1.54) is 6.08 Å². The molecule has 1 N–H and O–H groups in total. The van der Waals surface area contributed by atoms with Gasteiger partial charge in [-0.2, -0.15) is 5.10 Å². The van der Waals surface area contributed by atoms with Crippen LogP contribution in [0.15, 0.2) is 60.8 Å². The van der Waals surface area contributed by atoms with Gasteiger partial charge in [-0.3, -0.25) is 9.48 Å². The zero-order valence-corrected chi connectivity index (χ0v) is 17.0. The van der Waals surface area contributed by atoms with Crippen LogP contribution in [0.5, 0.6) is 11.5 Å². The molecule has 0 bridgehead atoms.